The van der Waals surface area contributed by atoms with Gasteiger partial charge < -0.3 is 20.5 Å². The van der Waals surface area contributed by atoms with Gasteiger partial charge in [0.1, 0.15) is 11.4 Å². The Morgan fingerprint density at radius 2 is 1.97 bits per heavy atom. The van der Waals surface area contributed by atoms with E-state index in [2.05, 4.69) is 35.2 Å². The topological polar surface area (TPSA) is 80.3 Å². The highest BCUT2D eigenvalue weighted by Gasteiger charge is 2.20. The van der Waals surface area contributed by atoms with Gasteiger partial charge in [-0.25, -0.2) is 0 Å². The van der Waals surface area contributed by atoms with Gasteiger partial charge in [0.15, 0.2) is 6.29 Å². The van der Waals surface area contributed by atoms with Gasteiger partial charge in [0, 0.05) is 36.8 Å². The minimum absolute atomic E-state index is 0.0999. The van der Waals surface area contributed by atoms with E-state index in [1.807, 2.05) is 49.7 Å². The molecule has 3 unspecified atom stereocenters. The summed E-state index contributed by atoms with van der Waals surface area (Å²) in [5.74, 6) is 0.686. The van der Waals surface area contributed by atoms with Crippen molar-refractivity contribution in [2.75, 3.05) is 20.4 Å². The van der Waals surface area contributed by atoms with Crippen molar-refractivity contribution >= 4 is 36.1 Å². The third kappa shape index (κ3) is 8.16. The number of benzene rings is 1. The molecule has 3 N–H and O–H groups in total. The average Bonchev–Trinajstić information content (AvgIpc) is 2.82. The molecule has 1 aliphatic heterocycles. The van der Waals surface area contributed by atoms with Gasteiger partial charge in [-0.05, 0) is 43.6 Å². The minimum atomic E-state index is -0.639. The highest BCUT2D eigenvalue weighted by molar-refractivity contribution is 7.93. The van der Waals surface area contributed by atoms with Crippen LogP contribution in [-0.2, 0) is 4.18 Å². The molecule has 32 heavy (non-hydrogen) atoms. The molecule has 0 spiro atoms. The molecule has 0 saturated heterocycles. The quantitative estimate of drug-likeness (QED) is 0.342. The Morgan fingerprint density at radius 3 is 2.50 bits per heavy atom. The summed E-state index contributed by atoms with van der Waals surface area (Å²) in [7, 11) is 3.65. The fourth-order valence-corrected chi connectivity index (χ4v) is 3.24. The zero-order valence-electron chi connectivity index (χ0n) is 19.6. The number of hydrogen-bond acceptors (Lipinski definition) is 7. The third-order valence-corrected chi connectivity index (χ3v) is 5.21. The molecule has 0 bridgehead atoms. The molecular formula is C25H35N3O3S. The number of methoxy groups -OCH3 is 1. The lowest BCUT2D eigenvalue weighted by Crippen LogP contribution is -2.45. The Bertz CT molecular complexity index is 875. The lowest BCUT2D eigenvalue weighted by Gasteiger charge is -2.30. The summed E-state index contributed by atoms with van der Waals surface area (Å²) in [4.78, 5) is 6.86. The average molecular weight is 458 g/mol. The monoisotopic (exact) mass is 457 g/mol. The number of likely N-dealkylation sites (N-methyl/N-ethyl adjacent to an activating group) is 1. The molecule has 174 valence electrons. The lowest BCUT2D eigenvalue weighted by molar-refractivity contribution is 0.0172. The summed E-state index contributed by atoms with van der Waals surface area (Å²) >= 11 is 1.16. The van der Waals surface area contributed by atoms with E-state index < -0.39 is 6.29 Å². The van der Waals surface area contributed by atoms with Gasteiger partial charge in [-0.2, -0.15) is 0 Å². The van der Waals surface area contributed by atoms with Gasteiger partial charge in [0.25, 0.3) is 0 Å². The van der Waals surface area contributed by atoms with E-state index in [-0.39, 0.29) is 12.1 Å². The molecule has 0 aliphatic carbocycles. The standard InChI is InChI=1S/C22H27N3O.C3H8O2S/c1-6-17-13-14-21(26-5)22(18(17)7-2)24-15-20-19(23)12-10-8-9-11-16(3)25(20)4;1-3(4)5-6-2/h6-15,19-20H,1-2,23H2,3-5H3;3-4H,1-2H3/b9-8-,12-10+,16-11+,24-15?;. The van der Waals surface area contributed by atoms with E-state index in [0.29, 0.717) is 5.75 Å². The van der Waals surface area contributed by atoms with Crippen molar-refractivity contribution in [1.29, 1.82) is 0 Å². The number of aliphatic imine (C=N–C) groups is 1. The summed E-state index contributed by atoms with van der Waals surface area (Å²) in [5.41, 5.74) is 10.1. The molecule has 0 amide bonds. The number of rotatable bonds is 7. The fourth-order valence-electron chi connectivity index (χ4n) is 2.96. The summed E-state index contributed by atoms with van der Waals surface area (Å²) < 4.78 is 10.0. The first-order valence-electron chi connectivity index (χ1n) is 10.2. The molecule has 7 heteroatoms. The summed E-state index contributed by atoms with van der Waals surface area (Å²) in [6, 6.07) is 3.53. The van der Waals surface area contributed by atoms with E-state index in [4.69, 9.17) is 20.6 Å². The number of ether oxygens (including phenoxy) is 1. The van der Waals surface area contributed by atoms with Crippen molar-refractivity contribution in [1.82, 2.24) is 4.90 Å². The van der Waals surface area contributed by atoms with Gasteiger partial charge in [0.2, 0.25) is 0 Å². The number of aliphatic hydroxyl groups excluding tert-OH is 1. The minimum Gasteiger partial charge on any atom is -0.494 e. The van der Waals surface area contributed by atoms with Crippen LogP contribution in [0.3, 0.4) is 0 Å². The first kappa shape index (κ1) is 27.5. The molecular weight excluding hydrogens is 422 g/mol. The number of hydrogen-bond donors (Lipinski definition) is 2. The van der Waals surface area contributed by atoms with E-state index >= 15 is 0 Å². The zero-order valence-corrected chi connectivity index (χ0v) is 20.4. The van der Waals surface area contributed by atoms with E-state index in [1.165, 1.54) is 0 Å². The maximum Gasteiger partial charge on any atom is 0.164 e. The van der Waals surface area contributed by atoms with Crippen LogP contribution < -0.4 is 10.5 Å². The van der Waals surface area contributed by atoms with Crippen LogP contribution in [0.2, 0.25) is 0 Å². The Balaban J connectivity index is 0.000000751. The van der Waals surface area contributed by atoms with Crippen molar-refractivity contribution in [2.45, 2.75) is 32.2 Å². The number of nitrogens with zero attached hydrogens (tertiary/aromatic N) is 2. The Morgan fingerprint density at radius 1 is 1.25 bits per heavy atom. The van der Waals surface area contributed by atoms with Crippen LogP contribution >= 0.6 is 12.0 Å². The van der Waals surface area contributed by atoms with Crippen LogP contribution in [0.15, 0.2) is 66.4 Å². The van der Waals surface area contributed by atoms with Crippen LogP contribution in [0.5, 0.6) is 5.75 Å². The predicted molar refractivity (Wildman–Crippen MR) is 139 cm³/mol. The summed E-state index contributed by atoms with van der Waals surface area (Å²) in [6.45, 7) is 11.4. The summed E-state index contributed by atoms with van der Waals surface area (Å²) in [5, 5.41) is 8.31. The second-order valence-corrected chi connectivity index (χ2v) is 7.45. The molecule has 0 radical (unpaired) electrons. The van der Waals surface area contributed by atoms with Crippen molar-refractivity contribution in [3.63, 3.8) is 0 Å². The van der Waals surface area contributed by atoms with Gasteiger partial charge in [0.05, 0.1) is 13.2 Å². The SMILES string of the molecule is C=Cc1ccc(OC)c(N=CC2C(N)/C=C/C=C\C=C(/C)N2C)c1C=C.CSOC(C)O. The Labute approximate surface area is 196 Å². The molecule has 1 aromatic carbocycles. The fraction of sp³-hybridized carbons (Fsp3) is 0.320. The van der Waals surface area contributed by atoms with E-state index in [0.717, 1.165) is 34.6 Å². The van der Waals surface area contributed by atoms with Crippen LogP contribution in [0.4, 0.5) is 5.69 Å². The van der Waals surface area contributed by atoms with Crippen LogP contribution in [0.25, 0.3) is 12.2 Å². The first-order chi connectivity index (χ1) is 15.3. The molecule has 1 heterocycles. The van der Waals surface area contributed by atoms with Crippen LogP contribution in [0, 0.1) is 0 Å². The number of allylic oxidation sites excluding steroid dienone is 5. The van der Waals surface area contributed by atoms with E-state index in [1.54, 1.807) is 32.4 Å². The Hall–Kier alpha value is -2.58. The molecule has 0 aromatic heterocycles. The molecule has 1 aliphatic rings. The van der Waals surface area contributed by atoms with Crippen molar-refractivity contribution in [3.8, 4) is 5.75 Å². The van der Waals surface area contributed by atoms with E-state index in [9.17, 15) is 0 Å². The lowest BCUT2D eigenvalue weighted by atomic mass is 10.0. The zero-order chi connectivity index (χ0) is 24.1. The van der Waals surface area contributed by atoms with Gasteiger partial charge in [-0.15, -0.1) is 0 Å². The molecule has 1 aromatic rings. The molecule has 6 nitrogen and oxygen atoms in total. The smallest absolute Gasteiger partial charge is 0.164 e. The molecule has 3 atom stereocenters. The first-order valence-corrected chi connectivity index (χ1v) is 11.3. The molecule has 0 saturated carbocycles. The normalized spacial score (nSPS) is 22.8. The van der Waals surface area contributed by atoms with Gasteiger partial charge in [-0.1, -0.05) is 55.7 Å². The molecule has 0 fully saturated rings. The molecule has 2 rings (SSSR count). The Kier molecular flexibility index (Phi) is 12.4. The number of nitrogens with two attached hydrogens (primary N) is 1. The number of aliphatic hydroxyl groups is 1. The highest BCUT2D eigenvalue weighted by atomic mass is 32.2. The maximum absolute atomic E-state index is 8.31. The van der Waals surface area contributed by atoms with Crippen LogP contribution in [0.1, 0.15) is 25.0 Å². The second kappa shape index (κ2) is 14.5. The van der Waals surface area contributed by atoms with Crippen molar-refractivity contribution < 1.29 is 14.0 Å². The van der Waals surface area contributed by atoms with Crippen molar-refractivity contribution in [3.05, 3.63) is 72.5 Å². The van der Waals surface area contributed by atoms with Gasteiger partial charge in [-0.3, -0.25) is 9.18 Å². The second-order valence-electron chi connectivity index (χ2n) is 6.92. The maximum atomic E-state index is 8.31. The largest absolute Gasteiger partial charge is 0.494 e. The third-order valence-electron chi connectivity index (χ3n) is 4.74. The highest BCUT2D eigenvalue weighted by Crippen LogP contribution is 2.35. The van der Waals surface area contributed by atoms with Crippen LogP contribution in [-0.4, -0.2) is 55.0 Å². The van der Waals surface area contributed by atoms with Crippen molar-refractivity contribution in [2.24, 2.45) is 10.7 Å². The predicted octanol–water partition coefficient (Wildman–Crippen LogP) is 4.96. The van der Waals surface area contributed by atoms with Gasteiger partial charge >= 0.3 is 0 Å². The summed E-state index contributed by atoms with van der Waals surface area (Å²) in [6.07, 6.45) is 16.5.